The largest absolute Gasteiger partial charge is 0.383 e. The van der Waals surface area contributed by atoms with Gasteiger partial charge in [-0.05, 0) is 31.0 Å². The summed E-state index contributed by atoms with van der Waals surface area (Å²) in [5.74, 6) is 0. The molecule has 5 heteroatoms. The number of ether oxygens (including phenoxy) is 1. The van der Waals surface area contributed by atoms with Gasteiger partial charge in [-0.1, -0.05) is 23.8 Å². The summed E-state index contributed by atoms with van der Waals surface area (Å²) in [4.78, 5) is 11.8. The molecule has 0 radical (unpaired) electrons. The van der Waals surface area contributed by atoms with E-state index in [4.69, 9.17) is 10.5 Å². The van der Waals surface area contributed by atoms with Gasteiger partial charge >= 0.3 is 0 Å². The molecular formula is C16H21N3O2. The van der Waals surface area contributed by atoms with Gasteiger partial charge in [-0.15, -0.1) is 0 Å². The van der Waals surface area contributed by atoms with E-state index in [2.05, 4.69) is 11.2 Å². The van der Waals surface area contributed by atoms with E-state index in [0.717, 1.165) is 11.1 Å². The predicted octanol–water partition coefficient (Wildman–Crippen LogP) is 1.55. The van der Waals surface area contributed by atoms with E-state index in [1.54, 1.807) is 13.2 Å². The number of aromatic nitrogens is 2. The number of methoxy groups -OCH3 is 1. The van der Waals surface area contributed by atoms with E-state index in [1.807, 2.05) is 26.0 Å². The number of nitrogens with two attached hydrogens (primary N) is 1. The zero-order valence-electron chi connectivity index (χ0n) is 12.7. The Morgan fingerprint density at radius 3 is 2.71 bits per heavy atom. The molecule has 1 heterocycles. The van der Waals surface area contributed by atoms with E-state index in [-0.39, 0.29) is 11.6 Å². The van der Waals surface area contributed by atoms with Crippen LogP contribution in [-0.4, -0.2) is 23.5 Å². The Balaban J connectivity index is 2.34. The predicted molar refractivity (Wildman–Crippen MR) is 82.3 cm³/mol. The van der Waals surface area contributed by atoms with Crippen molar-refractivity contribution in [3.05, 3.63) is 63.1 Å². The van der Waals surface area contributed by atoms with Crippen LogP contribution in [0.3, 0.4) is 0 Å². The van der Waals surface area contributed by atoms with Gasteiger partial charge in [0.15, 0.2) is 0 Å². The number of aryl methyl sites for hydroxylation is 2. The Morgan fingerprint density at radius 1 is 1.29 bits per heavy atom. The first-order valence-corrected chi connectivity index (χ1v) is 6.92. The fraction of sp³-hybridized carbons (Fsp3) is 0.375. The topological polar surface area (TPSA) is 70.1 Å². The molecule has 0 bridgehead atoms. The molecule has 0 aliphatic carbocycles. The van der Waals surface area contributed by atoms with Gasteiger partial charge in [0.25, 0.3) is 5.56 Å². The fourth-order valence-electron chi connectivity index (χ4n) is 2.30. The molecule has 0 aliphatic heterocycles. The third-order valence-electron chi connectivity index (χ3n) is 3.47. The van der Waals surface area contributed by atoms with Crippen molar-refractivity contribution in [2.75, 3.05) is 13.7 Å². The average Bonchev–Trinajstić information content (AvgIpc) is 2.46. The Labute approximate surface area is 124 Å². The summed E-state index contributed by atoms with van der Waals surface area (Å²) < 4.78 is 6.38. The van der Waals surface area contributed by atoms with Crippen LogP contribution in [0, 0.1) is 13.8 Å². The SMILES string of the molecule is COCCn1nc(C(N)c2ccc(C)cc2C)ccc1=O. The standard InChI is InChI=1S/C16H21N3O2/c1-11-4-5-13(12(2)10-11)16(17)14-6-7-15(20)19(18-14)8-9-21-3/h4-7,10,16H,8-9,17H2,1-3H3. The summed E-state index contributed by atoms with van der Waals surface area (Å²) in [7, 11) is 1.59. The van der Waals surface area contributed by atoms with Crippen molar-refractivity contribution in [1.82, 2.24) is 9.78 Å². The number of nitrogens with zero attached hydrogens (tertiary/aromatic N) is 2. The van der Waals surface area contributed by atoms with Gasteiger partial charge in [0.2, 0.25) is 0 Å². The van der Waals surface area contributed by atoms with Crippen molar-refractivity contribution in [3.8, 4) is 0 Å². The van der Waals surface area contributed by atoms with Crippen LogP contribution < -0.4 is 11.3 Å². The van der Waals surface area contributed by atoms with Crippen molar-refractivity contribution in [3.63, 3.8) is 0 Å². The van der Waals surface area contributed by atoms with Gasteiger partial charge < -0.3 is 10.5 Å². The second-order valence-electron chi connectivity index (χ2n) is 5.15. The van der Waals surface area contributed by atoms with Crippen LogP contribution in [0.2, 0.25) is 0 Å². The lowest BCUT2D eigenvalue weighted by Gasteiger charge is -2.16. The van der Waals surface area contributed by atoms with Crippen molar-refractivity contribution in [2.45, 2.75) is 26.4 Å². The molecule has 1 aromatic heterocycles. The maximum atomic E-state index is 11.8. The highest BCUT2D eigenvalue weighted by atomic mass is 16.5. The van der Waals surface area contributed by atoms with E-state index < -0.39 is 0 Å². The summed E-state index contributed by atoms with van der Waals surface area (Å²) in [6.07, 6.45) is 0. The molecule has 0 saturated heterocycles. The van der Waals surface area contributed by atoms with Gasteiger partial charge in [-0.25, -0.2) is 4.68 Å². The Morgan fingerprint density at radius 2 is 2.05 bits per heavy atom. The number of rotatable bonds is 5. The molecule has 0 fully saturated rings. The number of hydrogen-bond donors (Lipinski definition) is 1. The molecular weight excluding hydrogens is 266 g/mol. The van der Waals surface area contributed by atoms with E-state index in [0.29, 0.717) is 18.8 Å². The van der Waals surface area contributed by atoms with Crippen LogP contribution in [0.5, 0.6) is 0 Å². The molecule has 0 aliphatic rings. The van der Waals surface area contributed by atoms with Crippen LogP contribution in [0.4, 0.5) is 0 Å². The lowest BCUT2D eigenvalue weighted by Crippen LogP contribution is -2.27. The summed E-state index contributed by atoms with van der Waals surface area (Å²) in [6, 6.07) is 8.98. The minimum atomic E-state index is -0.347. The summed E-state index contributed by atoms with van der Waals surface area (Å²) in [5.41, 5.74) is 10.2. The Hall–Kier alpha value is -1.98. The van der Waals surface area contributed by atoms with E-state index in [9.17, 15) is 4.79 Å². The lowest BCUT2D eigenvalue weighted by molar-refractivity contribution is 0.181. The summed E-state index contributed by atoms with van der Waals surface area (Å²) in [6.45, 7) is 4.94. The highest BCUT2D eigenvalue weighted by Gasteiger charge is 2.14. The molecule has 2 rings (SSSR count). The van der Waals surface area contributed by atoms with Crippen LogP contribution in [0.1, 0.15) is 28.4 Å². The van der Waals surface area contributed by atoms with Crippen LogP contribution in [0.25, 0.3) is 0 Å². The minimum Gasteiger partial charge on any atom is -0.383 e. The molecule has 2 N–H and O–H groups in total. The highest BCUT2D eigenvalue weighted by molar-refractivity contribution is 5.36. The Kier molecular flexibility index (Phi) is 4.88. The second kappa shape index (κ2) is 6.65. The van der Waals surface area contributed by atoms with Crippen molar-refractivity contribution >= 4 is 0 Å². The molecule has 5 nitrogen and oxygen atoms in total. The fourth-order valence-corrected chi connectivity index (χ4v) is 2.30. The third-order valence-corrected chi connectivity index (χ3v) is 3.47. The van der Waals surface area contributed by atoms with Crippen LogP contribution >= 0.6 is 0 Å². The molecule has 0 amide bonds. The summed E-state index contributed by atoms with van der Waals surface area (Å²) in [5, 5.41) is 4.35. The smallest absolute Gasteiger partial charge is 0.266 e. The first-order chi connectivity index (χ1) is 10.0. The van der Waals surface area contributed by atoms with Crippen molar-refractivity contribution < 1.29 is 4.74 Å². The first kappa shape index (κ1) is 15.4. The molecule has 1 atom stereocenters. The van der Waals surface area contributed by atoms with E-state index >= 15 is 0 Å². The number of hydrogen-bond acceptors (Lipinski definition) is 4. The zero-order valence-corrected chi connectivity index (χ0v) is 12.7. The first-order valence-electron chi connectivity index (χ1n) is 6.92. The monoisotopic (exact) mass is 287 g/mol. The van der Waals surface area contributed by atoms with Gasteiger partial charge in [0.1, 0.15) is 0 Å². The van der Waals surface area contributed by atoms with Crippen molar-refractivity contribution in [2.24, 2.45) is 5.73 Å². The molecule has 21 heavy (non-hydrogen) atoms. The second-order valence-corrected chi connectivity index (χ2v) is 5.15. The Bertz CT molecular complexity index is 679. The van der Waals surface area contributed by atoms with Crippen molar-refractivity contribution in [1.29, 1.82) is 0 Å². The van der Waals surface area contributed by atoms with Gasteiger partial charge in [0, 0.05) is 13.2 Å². The van der Waals surface area contributed by atoms with Gasteiger partial charge in [-0.3, -0.25) is 4.79 Å². The van der Waals surface area contributed by atoms with Crippen LogP contribution in [-0.2, 0) is 11.3 Å². The number of benzene rings is 1. The molecule has 112 valence electrons. The highest BCUT2D eigenvalue weighted by Crippen LogP contribution is 2.21. The quantitative estimate of drug-likeness (QED) is 0.906. The molecule has 0 saturated carbocycles. The normalized spacial score (nSPS) is 12.4. The summed E-state index contributed by atoms with van der Waals surface area (Å²) >= 11 is 0. The maximum Gasteiger partial charge on any atom is 0.266 e. The van der Waals surface area contributed by atoms with Crippen LogP contribution in [0.15, 0.2) is 35.1 Å². The van der Waals surface area contributed by atoms with Gasteiger partial charge in [0.05, 0.1) is 24.9 Å². The third kappa shape index (κ3) is 3.56. The zero-order chi connectivity index (χ0) is 15.4. The van der Waals surface area contributed by atoms with E-state index in [1.165, 1.54) is 16.3 Å². The average molecular weight is 287 g/mol. The molecule has 2 aromatic rings. The molecule has 1 aromatic carbocycles. The lowest BCUT2D eigenvalue weighted by atomic mass is 9.97. The molecule has 0 spiro atoms. The van der Waals surface area contributed by atoms with Gasteiger partial charge in [-0.2, -0.15) is 5.10 Å². The molecule has 1 unspecified atom stereocenters. The minimum absolute atomic E-state index is 0.149. The maximum absolute atomic E-state index is 11.8.